The molecule has 1 atom stereocenters. The van der Waals surface area contributed by atoms with Crippen LogP contribution < -0.4 is 9.64 Å². The van der Waals surface area contributed by atoms with E-state index in [1.54, 1.807) is 50.2 Å². The van der Waals surface area contributed by atoms with Crippen LogP contribution in [0.4, 0.5) is 5.69 Å². The van der Waals surface area contributed by atoms with E-state index >= 15 is 0 Å². The average Bonchev–Trinajstić information content (AvgIpc) is 3.36. The molecule has 1 saturated heterocycles. The number of nitrogens with zero attached hydrogens (tertiary/aromatic N) is 1. The largest absolute Gasteiger partial charge is 0.507 e. The highest BCUT2D eigenvalue weighted by atomic mass is 35.5. The molecule has 1 amide bonds. The van der Waals surface area contributed by atoms with E-state index in [1.807, 2.05) is 0 Å². The Morgan fingerprint density at radius 1 is 1.12 bits per heavy atom. The lowest BCUT2D eigenvalue weighted by atomic mass is 9.97. The number of aryl methyl sites for hydroxylation is 2. The van der Waals surface area contributed by atoms with Crippen LogP contribution in [0.1, 0.15) is 28.5 Å². The smallest absolute Gasteiger partial charge is 0.300 e. The molecule has 4 rings (SSSR count). The molecule has 2 N–H and O–H groups in total. The molecule has 1 fully saturated rings. The Morgan fingerprint density at radius 3 is 2.53 bits per heavy atom. The molecule has 0 spiro atoms. The predicted molar refractivity (Wildman–Crippen MR) is 119 cm³/mol. The van der Waals surface area contributed by atoms with Gasteiger partial charge in [-0.15, -0.1) is 0 Å². The van der Waals surface area contributed by atoms with Gasteiger partial charge < -0.3 is 19.4 Å². The normalized spacial score (nSPS) is 17.8. The molecule has 0 bridgehead atoms. The van der Waals surface area contributed by atoms with Crippen molar-refractivity contribution >= 4 is 34.7 Å². The number of hydrogen-bond acceptors (Lipinski definition) is 6. The summed E-state index contributed by atoms with van der Waals surface area (Å²) in [6, 6.07) is 10.0. The number of amides is 1. The summed E-state index contributed by atoms with van der Waals surface area (Å²) in [5, 5.41) is 22.0. The van der Waals surface area contributed by atoms with E-state index in [0.717, 1.165) is 16.0 Å². The van der Waals surface area contributed by atoms with Gasteiger partial charge in [-0.25, -0.2) is 0 Å². The second-order valence-electron chi connectivity index (χ2n) is 7.50. The number of aromatic hydroxyl groups is 1. The number of aliphatic hydroxyl groups is 1. The van der Waals surface area contributed by atoms with Gasteiger partial charge in [0.05, 0.1) is 35.2 Å². The zero-order valence-corrected chi connectivity index (χ0v) is 18.3. The fourth-order valence-electron chi connectivity index (χ4n) is 3.88. The molecule has 0 saturated carbocycles. The van der Waals surface area contributed by atoms with Crippen LogP contribution in [0, 0.1) is 13.8 Å². The van der Waals surface area contributed by atoms with Crippen LogP contribution in [-0.4, -0.2) is 29.0 Å². The van der Waals surface area contributed by atoms with Gasteiger partial charge in [0.25, 0.3) is 11.7 Å². The summed E-state index contributed by atoms with van der Waals surface area (Å²) in [5.41, 5.74) is 1.58. The van der Waals surface area contributed by atoms with Crippen molar-refractivity contribution in [1.82, 2.24) is 0 Å². The topological polar surface area (TPSA) is 100 Å². The van der Waals surface area contributed by atoms with Crippen molar-refractivity contribution in [2.24, 2.45) is 0 Å². The molecule has 3 aromatic rings. The minimum Gasteiger partial charge on any atom is -0.507 e. The fraction of sp³-hybridized carbons (Fsp3) is 0.167. The van der Waals surface area contributed by atoms with Crippen molar-refractivity contribution < 1.29 is 29.0 Å². The third kappa shape index (κ3) is 3.40. The van der Waals surface area contributed by atoms with Crippen LogP contribution in [0.2, 0.25) is 5.02 Å². The summed E-state index contributed by atoms with van der Waals surface area (Å²) in [6.45, 7) is 3.57. The van der Waals surface area contributed by atoms with E-state index in [-0.39, 0.29) is 39.1 Å². The Kier molecular flexibility index (Phi) is 5.44. The number of rotatable bonds is 4. The van der Waals surface area contributed by atoms with Gasteiger partial charge in [-0.05, 0) is 61.4 Å². The van der Waals surface area contributed by atoms with Crippen molar-refractivity contribution in [1.29, 1.82) is 0 Å². The van der Waals surface area contributed by atoms with Gasteiger partial charge in [-0.3, -0.25) is 14.5 Å². The molecule has 32 heavy (non-hydrogen) atoms. The molecular weight excluding hydrogens is 434 g/mol. The van der Waals surface area contributed by atoms with Gasteiger partial charge in [0, 0.05) is 0 Å². The molecule has 164 valence electrons. The lowest BCUT2D eigenvalue weighted by Crippen LogP contribution is -2.29. The van der Waals surface area contributed by atoms with E-state index in [4.69, 9.17) is 20.8 Å². The summed E-state index contributed by atoms with van der Waals surface area (Å²) in [7, 11) is 1.39. The predicted octanol–water partition coefficient (Wildman–Crippen LogP) is 4.89. The maximum Gasteiger partial charge on any atom is 0.300 e. The first-order valence-electron chi connectivity index (χ1n) is 9.73. The summed E-state index contributed by atoms with van der Waals surface area (Å²) in [4.78, 5) is 27.4. The number of benzene rings is 2. The molecule has 7 nitrogen and oxygen atoms in total. The number of aliphatic hydroxyl groups excluding tert-OH is 1. The number of ether oxygens (including phenoxy) is 1. The number of phenolic OH excluding ortho intramolecular Hbond substituents is 1. The van der Waals surface area contributed by atoms with E-state index in [1.165, 1.54) is 19.4 Å². The Morgan fingerprint density at radius 2 is 1.88 bits per heavy atom. The standard InChI is InChI=1S/C24H20ClNO6/c1-12-6-7-17(27)16(11-12)26-20(18-5-4-8-32-18)19(22(29)24(26)30)21(28)14-9-13(2)10-15(25)23(14)31-3/h4-11,20,27-28H,1-3H3/b21-19-. The SMILES string of the molecule is COc1c(Cl)cc(C)cc1/C(O)=C1/C(=O)C(=O)N(c2cc(C)ccc2O)C1c1ccco1. The van der Waals surface area contributed by atoms with Crippen LogP contribution in [0.5, 0.6) is 11.5 Å². The highest BCUT2D eigenvalue weighted by molar-refractivity contribution is 6.52. The van der Waals surface area contributed by atoms with Gasteiger partial charge in [0.1, 0.15) is 29.1 Å². The monoisotopic (exact) mass is 453 g/mol. The zero-order valence-electron chi connectivity index (χ0n) is 17.5. The van der Waals surface area contributed by atoms with Gasteiger partial charge in [-0.2, -0.15) is 0 Å². The van der Waals surface area contributed by atoms with E-state index in [9.17, 15) is 19.8 Å². The van der Waals surface area contributed by atoms with Crippen LogP contribution in [0.3, 0.4) is 0 Å². The lowest BCUT2D eigenvalue weighted by molar-refractivity contribution is -0.132. The molecule has 2 aromatic carbocycles. The number of hydrogen-bond donors (Lipinski definition) is 2. The number of anilines is 1. The number of furan rings is 1. The minimum atomic E-state index is -1.11. The second kappa shape index (κ2) is 8.09. The minimum absolute atomic E-state index is 0.127. The van der Waals surface area contributed by atoms with Crippen molar-refractivity contribution in [3.8, 4) is 11.5 Å². The molecule has 1 unspecified atom stereocenters. The fourth-order valence-corrected chi connectivity index (χ4v) is 4.23. The maximum absolute atomic E-state index is 13.2. The highest BCUT2D eigenvalue weighted by Crippen LogP contribution is 2.46. The van der Waals surface area contributed by atoms with Crippen LogP contribution in [0.25, 0.3) is 5.76 Å². The van der Waals surface area contributed by atoms with Crippen molar-refractivity contribution in [2.75, 3.05) is 12.0 Å². The Bertz CT molecular complexity index is 1260. The summed E-state index contributed by atoms with van der Waals surface area (Å²) < 4.78 is 10.9. The second-order valence-corrected chi connectivity index (χ2v) is 7.91. The van der Waals surface area contributed by atoms with Gasteiger partial charge in [0.2, 0.25) is 0 Å². The van der Waals surface area contributed by atoms with Gasteiger partial charge in [0.15, 0.2) is 0 Å². The van der Waals surface area contributed by atoms with E-state index in [0.29, 0.717) is 0 Å². The molecule has 2 heterocycles. The molecule has 1 aliphatic rings. The van der Waals surface area contributed by atoms with Crippen molar-refractivity contribution in [3.63, 3.8) is 0 Å². The summed E-state index contributed by atoms with van der Waals surface area (Å²) in [5.74, 6) is -2.08. The summed E-state index contributed by atoms with van der Waals surface area (Å²) >= 11 is 6.28. The maximum atomic E-state index is 13.2. The van der Waals surface area contributed by atoms with Gasteiger partial charge >= 0.3 is 0 Å². The molecular formula is C24H20ClNO6. The first-order valence-corrected chi connectivity index (χ1v) is 10.1. The number of phenols is 1. The first-order chi connectivity index (χ1) is 15.2. The number of carbonyl (C=O) groups excluding carboxylic acids is 2. The number of methoxy groups -OCH3 is 1. The van der Waals surface area contributed by atoms with Crippen molar-refractivity contribution in [2.45, 2.75) is 19.9 Å². The number of Topliss-reactive ketones (excluding diaryl/α,β-unsaturated/α-hetero) is 1. The number of carbonyl (C=O) groups is 2. The van der Waals surface area contributed by atoms with Crippen LogP contribution in [-0.2, 0) is 9.59 Å². The number of halogens is 1. The molecule has 8 heteroatoms. The Balaban J connectivity index is 2.01. The molecule has 0 radical (unpaired) electrons. The van der Waals surface area contributed by atoms with Crippen molar-refractivity contribution in [3.05, 3.63) is 81.8 Å². The van der Waals surface area contributed by atoms with E-state index < -0.39 is 23.5 Å². The first kappa shape index (κ1) is 21.5. The third-order valence-electron chi connectivity index (χ3n) is 5.29. The quantitative estimate of drug-likeness (QED) is 0.331. The van der Waals surface area contributed by atoms with E-state index in [2.05, 4.69) is 0 Å². The molecule has 1 aromatic heterocycles. The van der Waals surface area contributed by atoms with Crippen LogP contribution in [0.15, 0.2) is 58.7 Å². The zero-order chi connectivity index (χ0) is 23.2. The molecule has 1 aliphatic heterocycles. The van der Waals surface area contributed by atoms with Gasteiger partial charge in [-0.1, -0.05) is 17.7 Å². The average molecular weight is 454 g/mol. The van der Waals surface area contributed by atoms with Crippen LogP contribution >= 0.6 is 11.6 Å². The summed E-state index contributed by atoms with van der Waals surface area (Å²) in [6.07, 6.45) is 1.40. The lowest BCUT2D eigenvalue weighted by Gasteiger charge is -2.24. The Hall–Kier alpha value is -3.71. The number of ketones is 1. The molecule has 0 aliphatic carbocycles. The Labute approximate surface area is 189 Å². The third-order valence-corrected chi connectivity index (χ3v) is 5.58. The highest BCUT2D eigenvalue weighted by Gasteiger charge is 2.49.